The number of nitrogens with zero attached hydrogens (tertiary/aromatic N) is 1. The van der Waals surface area contributed by atoms with Crippen LogP contribution < -0.4 is 11.2 Å². The summed E-state index contributed by atoms with van der Waals surface area (Å²) in [6.07, 6.45) is 6.20. The number of esters is 1. The molecule has 1 aromatic heterocycles. The van der Waals surface area contributed by atoms with Crippen LogP contribution in [-0.2, 0) is 18.7 Å². The third-order valence-electron chi connectivity index (χ3n) is 5.72. The van der Waals surface area contributed by atoms with Crippen molar-refractivity contribution in [2.24, 2.45) is 0 Å². The lowest BCUT2D eigenvalue weighted by atomic mass is 9.99. The van der Waals surface area contributed by atoms with Gasteiger partial charge in [0.15, 0.2) is 13.9 Å². The number of aryl methyl sites for hydroxylation is 1. The molecule has 1 aliphatic heterocycles. The maximum atomic E-state index is 12.4. The van der Waals surface area contributed by atoms with E-state index in [-0.39, 0.29) is 18.1 Å². The standard InChI is InChI=1S/C20H30N2O6Si/c1-9-20(12-26-14(3)23)15(28-29(7,8)19(4,5)6)10-16(27-20)22-11-13(2)17(24)21-18(22)25/h1,11,15-16H,10,12H2,2-8H3,(H,21,24,25)/t15-,16-,20-/m1/s1. The quantitative estimate of drug-likeness (QED) is 0.443. The number of hydrogen-bond acceptors (Lipinski definition) is 6. The molecule has 0 bridgehead atoms. The van der Waals surface area contributed by atoms with E-state index in [1.54, 1.807) is 6.92 Å². The number of carbonyl (C=O) groups is 1. The highest BCUT2D eigenvalue weighted by molar-refractivity contribution is 6.74. The second kappa shape index (κ2) is 7.93. The molecule has 8 nitrogen and oxygen atoms in total. The van der Waals surface area contributed by atoms with Crippen LogP contribution in [0.5, 0.6) is 0 Å². The smallest absolute Gasteiger partial charge is 0.330 e. The van der Waals surface area contributed by atoms with Gasteiger partial charge in [-0.2, -0.15) is 0 Å². The monoisotopic (exact) mass is 422 g/mol. The Kier molecular flexibility index (Phi) is 6.33. The first kappa shape index (κ1) is 23.1. The van der Waals surface area contributed by atoms with Crippen LogP contribution in [0.2, 0.25) is 18.1 Å². The first-order valence-electron chi connectivity index (χ1n) is 9.51. The van der Waals surface area contributed by atoms with Crippen molar-refractivity contribution in [3.8, 4) is 12.3 Å². The summed E-state index contributed by atoms with van der Waals surface area (Å²) in [7, 11) is -2.26. The zero-order valence-electron chi connectivity index (χ0n) is 18.1. The third kappa shape index (κ3) is 4.71. The molecule has 1 aliphatic rings. The molecule has 1 fully saturated rings. The van der Waals surface area contributed by atoms with Crippen molar-refractivity contribution in [1.82, 2.24) is 9.55 Å². The van der Waals surface area contributed by atoms with Crippen LogP contribution in [0.25, 0.3) is 0 Å². The summed E-state index contributed by atoms with van der Waals surface area (Å²) in [5, 5.41) is -0.0851. The van der Waals surface area contributed by atoms with Gasteiger partial charge in [-0.15, -0.1) is 6.42 Å². The maximum absolute atomic E-state index is 12.4. The highest BCUT2D eigenvalue weighted by Gasteiger charge is 2.53. The van der Waals surface area contributed by atoms with Gasteiger partial charge >= 0.3 is 11.7 Å². The third-order valence-corrected chi connectivity index (χ3v) is 10.2. The Morgan fingerprint density at radius 1 is 1.45 bits per heavy atom. The van der Waals surface area contributed by atoms with Crippen molar-refractivity contribution in [2.75, 3.05) is 6.61 Å². The van der Waals surface area contributed by atoms with Gasteiger partial charge in [-0.1, -0.05) is 26.7 Å². The molecule has 0 aromatic carbocycles. The summed E-state index contributed by atoms with van der Waals surface area (Å²) in [5.41, 5.74) is -2.03. The van der Waals surface area contributed by atoms with E-state index >= 15 is 0 Å². The minimum Gasteiger partial charge on any atom is -0.462 e. The Bertz CT molecular complexity index is 936. The van der Waals surface area contributed by atoms with Gasteiger partial charge < -0.3 is 13.9 Å². The van der Waals surface area contributed by atoms with Crippen LogP contribution in [0.3, 0.4) is 0 Å². The van der Waals surface area contributed by atoms with Gasteiger partial charge in [-0.05, 0) is 25.1 Å². The summed E-state index contributed by atoms with van der Waals surface area (Å²) < 4.78 is 19.1. The van der Waals surface area contributed by atoms with Gasteiger partial charge in [0, 0.05) is 25.1 Å². The molecule has 0 amide bonds. The van der Waals surface area contributed by atoms with E-state index in [1.165, 1.54) is 17.7 Å². The number of aromatic nitrogens is 2. The molecule has 0 unspecified atom stereocenters. The minimum absolute atomic E-state index is 0.0851. The van der Waals surface area contributed by atoms with Crippen LogP contribution in [0.1, 0.15) is 45.9 Å². The van der Waals surface area contributed by atoms with Gasteiger partial charge in [0.1, 0.15) is 12.8 Å². The van der Waals surface area contributed by atoms with E-state index in [1.807, 2.05) is 0 Å². The normalized spacial score (nSPS) is 24.9. The Hall–Kier alpha value is -2.15. The highest BCUT2D eigenvalue weighted by atomic mass is 28.4. The lowest BCUT2D eigenvalue weighted by Gasteiger charge is -2.41. The molecule has 1 saturated heterocycles. The molecule has 3 atom stereocenters. The minimum atomic E-state index is -2.26. The van der Waals surface area contributed by atoms with Crippen molar-refractivity contribution in [3.63, 3.8) is 0 Å². The van der Waals surface area contributed by atoms with Crippen molar-refractivity contribution in [3.05, 3.63) is 32.6 Å². The van der Waals surface area contributed by atoms with Gasteiger partial charge in [0.2, 0.25) is 0 Å². The molecule has 2 rings (SSSR count). The van der Waals surface area contributed by atoms with E-state index in [0.717, 1.165) is 0 Å². The van der Waals surface area contributed by atoms with E-state index in [2.05, 4.69) is 44.8 Å². The molecular weight excluding hydrogens is 392 g/mol. The maximum Gasteiger partial charge on any atom is 0.330 e. The molecule has 0 aliphatic carbocycles. The number of hydrogen-bond donors (Lipinski definition) is 1. The predicted molar refractivity (Wildman–Crippen MR) is 111 cm³/mol. The summed E-state index contributed by atoms with van der Waals surface area (Å²) in [6, 6.07) is 0. The Balaban J connectivity index is 2.47. The summed E-state index contributed by atoms with van der Waals surface area (Å²) in [5.74, 6) is 2.12. The van der Waals surface area contributed by atoms with Crippen molar-refractivity contribution in [1.29, 1.82) is 0 Å². The number of terminal acetylenes is 1. The number of nitrogens with one attached hydrogen (secondary N) is 1. The Labute approximate surface area is 171 Å². The first-order chi connectivity index (χ1) is 13.2. The van der Waals surface area contributed by atoms with Gasteiger partial charge in [0.25, 0.3) is 5.56 Å². The summed E-state index contributed by atoms with van der Waals surface area (Å²) in [4.78, 5) is 37.8. The highest BCUT2D eigenvalue weighted by Crippen LogP contribution is 2.44. The van der Waals surface area contributed by atoms with Crippen LogP contribution in [-0.4, -0.2) is 42.1 Å². The van der Waals surface area contributed by atoms with E-state index in [9.17, 15) is 14.4 Å². The fourth-order valence-electron chi connectivity index (χ4n) is 2.89. The molecular formula is C20H30N2O6Si. The molecule has 0 spiro atoms. The zero-order valence-corrected chi connectivity index (χ0v) is 19.1. The topological polar surface area (TPSA) is 99.6 Å². The SMILES string of the molecule is C#C[C@]1(COC(C)=O)O[C@@H](n2cc(C)c(=O)[nH]c2=O)C[C@H]1O[Si](C)(C)C(C)(C)C. The van der Waals surface area contributed by atoms with Crippen molar-refractivity contribution < 1.29 is 18.7 Å². The second-order valence-corrected chi connectivity index (χ2v) is 13.7. The van der Waals surface area contributed by atoms with Gasteiger partial charge in [-0.25, -0.2) is 4.79 Å². The fraction of sp³-hybridized carbons (Fsp3) is 0.650. The lowest BCUT2D eigenvalue weighted by Crippen LogP contribution is -2.52. The number of aromatic amines is 1. The average molecular weight is 423 g/mol. The van der Waals surface area contributed by atoms with E-state index < -0.39 is 43.5 Å². The predicted octanol–water partition coefficient (Wildman–Crippen LogP) is 2.09. The van der Waals surface area contributed by atoms with Gasteiger partial charge in [-0.3, -0.25) is 19.1 Å². The number of rotatable bonds is 5. The van der Waals surface area contributed by atoms with Crippen molar-refractivity contribution in [2.45, 2.75) is 77.1 Å². The molecule has 1 aromatic rings. The Morgan fingerprint density at radius 2 is 2.07 bits per heavy atom. The van der Waals surface area contributed by atoms with Crippen LogP contribution in [0.4, 0.5) is 0 Å². The number of carbonyl (C=O) groups excluding carboxylic acids is 1. The van der Waals surface area contributed by atoms with Crippen molar-refractivity contribution >= 4 is 14.3 Å². The average Bonchev–Trinajstić information content (AvgIpc) is 2.93. The first-order valence-corrected chi connectivity index (χ1v) is 12.4. The second-order valence-electron chi connectivity index (χ2n) is 8.97. The van der Waals surface area contributed by atoms with Crippen LogP contribution in [0.15, 0.2) is 15.8 Å². The summed E-state index contributed by atoms with van der Waals surface area (Å²) >= 11 is 0. The molecule has 0 radical (unpaired) electrons. The fourth-order valence-corrected chi connectivity index (χ4v) is 4.24. The number of H-pyrrole nitrogens is 1. The van der Waals surface area contributed by atoms with E-state index in [4.69, 9.17) is 20.3 Å². The zero-order chi connectivity index (χ0) is 22.2. The molecule has 29 heavy (non-hydrogen) atoms. The largest absolute Gasteiger partial charge is 0.462 e. The molecule has 2 heterocycles. The van der Waals surface area contributed by atoms with Crippen LogP contribution >= 0.6 is 0 Å². The Morgan fingerprint density at radius 3 is 2.59 bits per heavy atom. The molecule has 160 valence electrons. The molecule has 0 saturated carbocycles. The van der Waals surface area contributed by atoms with E-state index in [0.29, 0.717) is 5.56 Å². The summed E-state index contributed by atoms with van der Waals surface area (Å²) in [6.45, 7) is 13.2. The van der Waals surface area contributed by atoms with Crippen LogP contribution in [0, 0.1) is 19.3 Å². The number of ether oxygens (including phenoxy) is 2. The molecule has 9 heteroatoms. The lowest BCUT2D eigenvalue weighted by molar-refractivity contribution is -0.153. The van der Waals surface area contributed by atoms with Gasteiger partial charge in [0.05, 0.1) is 6.10 Å². The molecule has 1 N–H and O–H groups in total.